The summed E-state index contributed by atoms with van der Waals surface area (Å²) >= 11 is 0. The number of piperidine rings is 1. The monoisotopic (exact) mass is 276 g/mol. The summed E-state index contributed by atoms with van der Waals surface area (Å²) in [5.41, 5.74) is 0.778. The molecule has 108 valence electrons. The van der Waals surface area contributed by atoms with Gasteiger partial charge in [0, 0.05) is 26.7 Å². The van der Waals surface area contributed by atoms with Crippen LogP contribution in [-0.2, 0) is 4.74 Å². The van der Waals surface area contributed by atoms with E-state index in [1.165, 1.54) is 0 Å². The van der Waals surface area contributed by atoms with Gasteiger partial charge in [0.2, 0.25) is 5.95 Å². The molecule has 7 heteroatoms. The number of hydrogen-bond acceptors (Lipinski definition) is 6. The van der Waals surface area contributed by atoms with Gasteiger partial charge in [-0.25, -0.2) is 0 Å². The minimum atomic E-state index is 0.362. The molecule has 0 unspecified atom stereocenters. The van der Waals surface area contributed by atoms with Crippen LogP contribution in [0.25, 0.3) is 11.0 Å². The van der Waals surface area contributed by atoms with Crippen LogP contribution in [0.5, 0.6) is 0 Å². The predicted molar refractivity (Wildman–Crippen MR) is 78.1 cm³/mol. The standard InChI is InChI=1S/C13H20N6O/c1-3-14-13-16-11-10(8-15-18-11)12(17-13)19-6-4-9(20-2)5-7-19/h8-9H,3-7H2,1-2H3,(H2,14,15,16,17,18). The number of methoxy groups -OCH3 is 1. The Morgan fingerprint density at radius 2 is 2.20 bits per heavy atom. The molecular formula is C13H20N6O. The Kier molecular flexibility index (Phi) is 3.68. The Bertz CT molecular complexity index is 575. The van der Waals surface area contributed by atoms with Crippen LogP contribution in [0.15, 0.2) is 6.20 Å². The van der Waals surface area contributed by atoms with E-state index in [0.717, 1.165) is 49.3 Å². The lowest BCUT2D eigenvalue weighted by molar-refractivity contribution is 0.0818. The van der Waals surface area contributed by atoms with Crippen LogP contribution in [0.3, 0.4) is 0 Å². The summed E-state index contributed by atoms with van der Waals surface area (Å²) in [6.07, 6.45) is 4.21. The summed E-state index contributed by atoms with van der Waals surface area (Å²) in [6.45, 7) is 4.72. The molecule has 0 radical (unpaired) electrons. The van der Waals surface area contributed by atoms with Gasteiger partial charge >= 0.3 is 0 Å². The third-order valence-electron chi connectivity index (χ3n) is 3.70. The Hall–Kier alpha value is -1.89. The highest BCUT2D eigenvalue weighted by Gasteiger charge is 2.22. The first-order valence-electron chi connectivity index (χ1n) is 7.04. The Morgan fingerprint density at radius 3 is 2.90 bits per heavy atom. The van der Waals surface area contributed by atoms with E-state index >= 15 is 0 Å². The lowest BCUT2D eigenvalue weighted by atomic mass is 10.1. The van der Waals surface area contributed by atoms with Crippen LogP contribution in [0.1, 0.15) is 19.8 Å². The second kappa shape index (κ2) is 5.62. The molecule has 1 aliphatic heterocycles. The van der Waals surface area contributed by atoms with Gasteiger partial charge in [-0.3, -0.25) is 5.10 Å². The zero-order valence-electron chi connectivity index (χ0n) is 11.9. The SMILES string of the molecule is CCNc1nc(N2CCC(OC)CC2)c2cn[nH]c2n1. The molecule has 7 nitrogen and oxygen atoms in total. The van der Waals surface area contributed by atoms with Gasteiger partial charge in [-0.1, -0.05) is 0 Å². The van der Waals surface area contributed by atoms with Crippen molar-refractivity contribution in [2.75, 3.05) is 37.0 Å². The molecule has 0 aliphatic carbocycles. The van der Waals surface area contributed by atoms with Gasteiger partial charge in [-0.2, -0.15) is 15.1 Å². The second-order valence-electron chi connectivity index (χ2n) is 4.96. The predicted octanol–water partition coefficient (Wildman–Crippen LogP) is 1.40. The molecule has 1 saturated heterocycles. The van der Waals surface area contributed by atoms with Crippen LogP contribution >= 0.6 is 0 Å². The van der Waals surface area contributed by atoms with Crippen LogP contribution in [0, 0.1) is 0 Å². The molecule has 0 saturated carbocycles. The van der Waals surface area contributed by atoms with Crippen molar-refractivity contribution in [3.8, 4) is 0 Å². The highest BCUT2D eigenvalue weighted by atomic mass is 16.5. The molecule has 3 rings (SSSR count). The molecule has 0 aromatic carbocycles. The number of anilines is 2. The molecule has 2 N–H and O–H groups in total. The number of fused-ring (bicyclic) bond motifs is 1. The van der Waals surface area contributed by atoms with Crippen LogP contribution in [0.2, 0.25) is 0 Å². The molecule has 2 aromatic rings. The van der Waals surface area contributed by atoms with E-state index in [2.05, 4.69) is 30.4 Å². The van der Waals surface area contributed by atoms with Gasteiger partial charge in [-0.15, -0.1) is 0 Å². The maximum atomic E-state index is 5.42. The maximum absolute atomic E-state index is 5.42. The van der Waals surface area contributed by atoms with Crippen molar-refractivity contribution in [2.24, 2.45) is 0 Å². The quantitative estimate of drug-likeness (QED) is 0.879. The highest BCUT2D eigenvalue weighted by Crippen LogP contribution is 2.27. The van der Waals surface area contributed by atoms with E-state index < -0.39 is 0 Å². The molecular weight excluding hydrogens is 256 g/mol. The summed E-state index contributed by atoms with van der Waals surface area (Å²) in [5, 5.41) is 11.1. The number of aromatic nitrogens is 4. The van der Waals surface area contributed by atoms with E-state index in [1.807, 2.05) is 6.92 Å². The molecule has 0 amide bonds. The van der Waals surface area contributed by atoms with Gasteiger partial charge in [0.15, 0.2) is 5.65 Å². The van der Waals surface area contributed by atoms with E-state index in [0.29, 0.717) is 12.1 Å². The zero-order chi connectivity index (χ0) is 13.9. The third-order valence-corrected chi connectivity index (χ3v) is 3.70. The van der Waals surface area contributed by atoms with Crippen molar-refractivity contribution in [2.45, 2.75) is 25.9 Å². The molecule has 3 heterocycles. The summed E-state index contributed by atoms with van der Waals surface area (Å²) in [5.74, 6) is 1.60. The van der Waals surface area contributed by atoms with Crippen LogP contribution < -0.4 is 10.2 Å². The fourth-order valence-electron chi connectivity index (χ4n) is 2.60. The van der Waals surface area contributed by atoms with Crippen LogP contribution in [0.4, 0.5) is 11.8 Å². The number of ether oxygens (including phenoxy) is 1. The first-order chi connectivity index (χ1) is 9.81. The summed E-state index contributed by atoms with van der Waals surface area (Å²) in [7, 11) is 1.78. The number of rotatable bonds is 4. The third kappa shape index (κ3) is 2.40. The molecule has 1 fully saturated rings. The number of hydrogen-bond donors (Lipinski definition) is 2. The van der Waals surface area contributed by atoms with Gasteiger partial charge in [0.25, 0.3) is 0 Å². The average Bonchev–Trinajstić information content (AvgIpc) is 2.95. The Balaban J connectivity index is 1.91. The topological polar surface area (TPSA) is 79.0 Å². The molecule has 0 atom stereocenters. The van der Waals surface area contributed by atoms with Crippen molar-refractivity contribution in [1.29, 1.82) is 0 Å². The van der Waals surface area contributed by atoms with Gasteiger partial charge in [0.1, 0.15) is 5.82 Å². The highest BCUT2D eigenvalue weighted by molar-refractivity contribution is 5.87. The second-order valence-corrected chi connectivity index (χ2v) is 4.96. The van der Waals surface area contributed by atoms with Crippen molar-refractivity contribution in [1.82, 2.24) is 20.2 Å². The van der Waals surface area contributed by atoms with Crippen molar-refractivity contribution in [3.05, 3.63) is 6.20 Å². The van der Waals surface area contributed by atoms with E-state index in [9.17, 15) is 0 Å². The fraction of sp³-hybridized carbons (Fsp3) is 0.615. The lowest BCUT2D eigenvalue weighted by Crippen LogP contribution is -2.37. The number of H-pyrrole nitrogens is 1. The number of nitrogens with one attached hydrogen (secondary N) is 2. The first kappa shape index (κ1) is 13.1. The van der Waals surface area contributed by atoms with Gasteiger partial charge in [-0.05, 0) is 19.8 Å². The van der Waals surface area contributed by atoms with Gasteiger partial charge in [0.05, 0.1) is 17.7 Å². The maximum Gasteiger partial charge on any atom is 0.226 e. The molecule has 20 heavy (non-hydrogen) atoms. The summed E-state index contributed by atoms with van der Waals surface area (Å²) in [4.78, 5) is 11.3. The van der Waals surface area contributed by atoms with Crippen molar-refractivity contribution >= 4 is 22.8 Å². The van der Waals surface area contributed by atoms with E-state index in [4.69, 9.17) is 4.74 Å². The molecule has 0 bridgehead atoms. The largest absolute Gasteiger partial charge is 0.381 e. The molecule has 0 spiro atoms. The summed E-state index contributed by atoms with van der Waals surface area (Å²) < 4.78 is 5.42. The lowest BCUT2D eigenvalue weighted by Gasteiger charge is -2.32. The summed E-state index contributed by atoms with van der Waals surface area (Å²) in [6, 6.07) is 0. The smallest absolute Gasteiger partial charge is 0.226 e. The fourth-order valence-corrected chi connectivity index (χ4v) is 2.60. The van der Waals surface area contributed by atoms with E-state index in [1.54, 1.807) is 13.3 Å². The average molecular weight is 276 g/mol. The van der Waals surface area contributed by atoms with Crippen molar-refractivity contribution in [3.63, 3.8) is 0 Å². The van der Waals surface area contributed by atoms with Crippen molar-refractivity contribution < 1.29 is 4.74 Å². The van der Waals surface area contributed by atoms with Crippen LogP contribution in [-0.4, -0.2) is 53.0 Å². The number of nitrogens with zero attached hydrogens (tertiary/aromatic N) is 4. The number of aromatic amines is 1. The van der Waals surface area contributed by atoms with E-state index in [-0.39, 0.29) is 0 Å². The van der Waals surface area contributed by atoms with Gasteiger partial charge < -0.3 is 15.0 Å². The first-order valence-corrected chi connectivity index (χ1v) is 7.04. The Labute approximate surface area is 117 Å². The molecule has 2 aromatic heterocycles. The molecule has 1 aliphatic rings. The minimum absolute atomic E-state index is 0.362. The normalized spacial score (nSPS) is 16.8. The Morgan fingerprint density at radius 1 is 1.40 bits per heavy atom. The zero-order valence-corrected chi connectivity index (χ0v) is 11.9. The minimum Gasteiger partial charge on any atom is -0.381 e.